The number of aromatic nitrogens is 2. The molecule has 1 heterocycles. The van der Waals surface area contributed by atoms with Crippen LogP contribution in [0.4, 0.5) is 0 Å². The second kappa shape index (κ2) is 5.12. The summed E-state index contributed by atoms with van der Waals surface area (Å²) < 4.78 is 1.84. The Morgan fingerprint density at radius 3 is 2.86 bits per heavy atom. The fraction of sp³-hybridized carbons (Fsp3) is 0.700. The Bertz CT molecular complexity index is 272. The third kappa shape index (κ3) is 2.82. The van der Waals surface area contributed by atoms with Crippen molar-refractivity contribution in [3.8, 4) is 0 Å². The standard InChI is InChI=1S/C10H19N3O/c1-4-9(14)7-11-8(2)10-5-6-12-13(10)3/h5-6,8-9,11,14H,4,7H2,1-3H3. The maximum Gasteiger partial charge on any atom is 0.0662 e. The molecule has 0 spiro atoms. The van der Waals surface area contributed by atoms with Gasteiger partial charge in [-0.3, -0.25) is 4.68 Å². The SMILES string of the molecule is CCC(O)CNC(C)c1ccnn1C. The van der Waals surface area contributed by atoms with Crippen LogP contribution in [0.25, 0.3) is 0 Å². The molecule has 0 aliphatic heterocycles. The van der Waals surface area contributed by atoms with E-state index in [1.165, 1.54) is 0 Å². The van der Waals surface area contributed by atoms with Gasteiger partial charge in [0.25, 0.3) is 0 Å². The lowest BCUT2D eigenvalue weighted by Gasteiger charge is -2.16. The number of nitrogens with one attached hydrogen (secondary N) is 1. The summed E-state index contributed by atoms with van der Waals surface area (Å²) in [5.74, 6) is 0. The van der Waals surface area contributed by atoms with Crippen LogP contribution in [0.1, 0.15) is 32.0 Å². The summed E-state index contributed by atoms with van der Waals surface area (Å²) in [6.45, 7) is 4.67. The van der Waals surface area contributed by atoms with Crippen LogP contribution in [0.3, 0.4) is 0 Å². The second-order valence-corrected chi connectivity index (χ2v) is 3.57. The van der Waals surface area contributed by atoms with E-state index in [2.05, 4.69) is 17.3 Å². The van der Waals surface area contributed by atoms with Gasteiger partial charge >= 0.3 is 0 Å². The molecule has 1 aromatic heterocycles. The number of aliphatic hydroxyl groups excluding tert-OH is 1. The van der Waals surface area contributed by atoms with Crippen molar-refractivity contribution in [1.29, 1.82) is 0 Å². The molecule has 14 heavy (non-hydrogen) atoms. The maximum atomic E-state index is 9.39. The van der Waals surface area contributed by atoms with E-state index in [9.17, 15) is 5.11 Å². The van der Waals surface area contributed by atoms with Crippen molar-refractivity contribution in [2.24, 2.45) is 7.05 Å². The van der Waals surface area contributed by atoms with E-state index in [1.807, 2.05) is 24.7 Å². The van der Waals surface area contributed by atoms with Crippen LogP contribution in [-0.2, 0) is 7.05 Å². The average Bonchev–Trinajstić information content (AvgIpc) is 2.60. The van der Waals surface area contributed by atoms with Crippen molar-refractivity contribution in [2.45, 2.75) is 32.4 Å². The highest BCUT2D eigenvalue weighted by Gasteiger charge is 2.09. The largest absolute Gasteiger partial charge is 0.392 e. The van der Waals surface area contributed by atoms with Gasteiger partial charge < -0.3 is 10.4 Å². The predicted molar refractivity (Wildman–Crippen MR) is 55.9 cm³/mol. The van der Waals surface area contributed by atoms with Gasteiger partial charge in [-0.15, -0.1) is 0 Å². The minimum absolute atomic E-state index is 0.226. The van der Waals surface area contributed by atoms with Gasteiger partial charge in [0.1, 0.15) is 0 Å². The number of aryl methyl sites for hydroxylation is 1. The molecule has 0 saturated heterocycles. The molecule has 0 aliphatic carbocycles. The molecule has 0 bridgehead atoms. The van der Waals surface area contributed by atoms with Crippen LogP contribution >= 0.6 is 0 Å². The molecule has 2 N–H and O–H groups in total. The van der Waals surface area contributed by atoms with Crippen LogP contribution in [-0.4, -0.2) is 27.5 Å². The van der Waals surface area contributed by atoms with E-state index in [4.69, 9.17) is 0 Å². The van der Waals surface area contributed by atoms with Crippen molar-refractivity contribution in [3.05, 3.63) is 18.0 Å². The first-order valence-electron chi connectivity index (χ1n) is 5.04. The third-order valence-electron chi connectivity index (χ3n) is 2.43. The maximum absolute atomic E-state index is 9.39. The van der Waals surface area contributed by atoms with Crippen molar-refractivity contribution < 1.29 is 5.11 Å². The fourth-order valence-electron chi connectivity index (χ4n) is 1.37. The molecular formula is C10H19N3O. The van der Waals surface area contributed by atoms with Gasteiger partial charge in [0.15, 0.2) is 0 Å². The van der Waals surface area contributed by atoms with Gasteiger partial charge in [-0.25, -0.2) is 0 Å². The molecule has 4 heteroatoms. The van der Waals surface area contributed by atoms with Crippen LogP contribution in [0.2, 0.25) is 0 Å². The highest BCUT2D eigenvalue weighted by atomic mass is 16.3. The summed E-state index contributed by atoms with van der Waals surface area (Å²) in [7, 11) is 1.92. The van der Waals surface area contributed by atoms with Gasteiger partial charge in [0, 0.05) is 25.8 Å². The Kier molecular flexibility index (Phi) is 4.10. The monoisotopic (exact) mass is 197 g/mol. The lowest BCUT2D eigenvalue weighted by Crippen LogP contribution is -2.29. The molecule has 0 aliphatic rings. The summed E-state index contributed by atoms with van der Waals surface area (Å²) in [5, 5.41) is 16.8. The van der Waals surface area contributed by atoms with E-state index in [-0.39, 0.29) is 12.1 Å². The quantitative estimate of drug-likeness (QED) is 0.735. The number of hydrogen-bond donors (Lipinski definition) is 2. The first-order valence-corrected chi connectivity index (χ1v) is 5.04. The van der Waals surface area contributed by atoms with Crippen LogP contribution in [0.5, 0.6) is 0 Å². The van der Waals surface area contributed by atoms with E-state index in [0.717, 1.165) is 12.1 Å². The Labute approximate surface area is 84.9 Å². The highest BCUT2D eigenvalue weighted by molar-refractivity contribution is 5.05. The molecular weight excluding hydrogens is 178 g/mol. The average molecular weight is 197 g/mol. The summed E-state index contributed by atoms with van der Waals surface area (Å²) in [5.41, 5.74) is 1.13. The molecule has 0 saturated carbocycles. The molecule has 0 radical (unpaired) electrons. The van der Waals surface area contributed by atoms with E-state index in [0.29, 0.717) is 6.54 Å². The van der Waals surface area contributed by atoms with Gasteiger partial charge in [0.05, 0.1) is 11.8 Å². The smallest absolute Gasteiger partial charge is 0.0662 e. The van der Waals surface area contributed by atoms with Gasteiger partial charge in [-0.1, -0.05) is 6.92 Å². The Morgan fingerprint density at radius 1 is 1.64 bits per heavy atom. The molecule has 2 unspecified atom stereocenters. The number of nitrogens with zero attached hydrogens (tertiary/aromatic N) is 2. The first kappa shape index (κ1) is 11.2. The predicted octanol–water partition coefficient (Wildman–Crippen LogP) is 0.842. The summed E-state index contributed by atoms with van der Waals surface area (Å²) in [6, 6.07) is 2.21. The van der Waals surface area contributed by atoms with Crippen LogP contribution in [0.15, 0.2) is 12.3 Å². The zero-order valence-corrected chi connectivity index (χ0v) is 9.07. The van der Waals surface area contributed by atoms with Crippen molar-refractivity contribution in [3.63, 3.8) is 0 Å². The molecule has 1 rings (SSSR count). The topological polar surface area (TPSA) is 50.1 Å². The highest BCUT2D eigenvalue weighted by Crippen LogP contribution is 2.09. The molecule has 2 atom stereocenters. The Balaban J connectivity index is 2.43. The normalized spacial score (nSPS) is 15.4. The van der Waals surface area contributed by atoms with Gasteiger partial charge in [-0.2, -0.15) is 5.10 Å². The summed E-state index contributed by atoms with van der Waals surface area (Å²) in [4.78, 5) is 0. The van der Waals surface area contributed by atoms with E-state index < -0.39 is 0 Å². The van der Waals surface area contributed by atoms with Crippen LogP contribution in [0, 0.1) is 0 Å². The molecule has 80 valence electrons. The van der Waals surface area contributed by atoms with Crippen LogP contribution < -0.4 is 5.32 Å². The summed E-state index contributed by atoms with van der Waals surface area (Å²) in [6.07, 6.45) is 2.31. The van der Waals surface area contributed by atoms with Crippen molar-refractivity contribution >= 4 is 0 Å². The third-order valence-corrected chi connectivity index (χ3v) is 2.43. The van der Waals surface area contributed by atoms with Gasteiger partial charge in [-0.05, 0) is 19.4 Å². The fourth-order valence-corrected chi connectivity index (χ4v) is 1.37. The number of aliphatic hydroxyl groups is 1. The molecule has 1 aromatic rings. The first-order chi connectivity index (χ1) is 6.65. The van der Waals surface area contributed by atoms with E-state index in [1.54, 1.807) is 6.20 Å². The number of hydrogen-bond acceptors (Lipinski definition) is 3. The second-order valence-electron chi connectivity index (χ2n) is 3.57. The zero-order chi connectivity index (χ0) is 10.6. The minimum atomic E-state index is -0.259. The lowest BCUT2D eigenvalue weighted by atomic mass is 10.2. The minimum Gasteiger partial charge on any atom is -0.392 e. The van der Waals surface area contributed by atoms with Gasteiger partial charge in [0.2, 0.25) is 0 Å². The zero-order valence-electron chi connectivity index (χ0n) is 9.07. The molecule has 0 amide bonds. The summed E-state index contributed by atoms with van der Waals surface area (Å²) >= 11 is 0. The Morgan fingerprint density at radius 2 is 2.36 bits per heavy atom. The van der Waals surface area contributed by atoms with E-state index >= 15 is 0 Å². The molecule has 0 aromatic carbocycles. The Hall–Kier alpha value is -0.870. The molecule has 4 nitrogen and oxygen atoms in total. The molecule has 0 fully saturated rings. The van der Waals surface area contributed by atoms with Crippen molar-refractivity contribution in [1.82, 2.24) is 15.1 Å². The number of rotatable bonds is 5. The van der Waals surface area contributed by atoms with Crippen molar-refractivity contribution in [2.75, 3.05) is 6.54 Å². The lowest BCUT2D eigenvalue weighted by molar-refractivity contribution is 0.163.